The van der Waals surface area contributed by atoms with Crippen molar-refractivity contribution in [1.82, 2.24) is 15.3 Å². The van der Waals surface area contributed by atoms with Crippen LogP contribution in [0.25, 0.3) is 10.2 Å². The maximum absolute atomic E-state index is 12.9. The van der Waals surface area contributed by atoms with Crippen molar-refractivity contribution >= 4 is 27.5 Å². The zero-order valence-corrected chi connectivity index (χ0v) is 14.9. The van der Waals surface area contributed by atoms with Crippen LogP contribution in [0.15, 0.2) is 30.6 Å². The van der Waals surface area contributed by atoms with Crippen molar-refractivity contribution in [3.05, 3.63) is 52.4 Å². The molecule has 2 heterocycles. The van der Waals surface area contributed by atoms with Crippen molar-refractivity contribution in [3.8, 4) is 5.88 Å². The van der Waals surface area contributed by atoms with Crippen molar-refractivity contribution in [1.29, 1.82) is 0 Å². The number of amides is 1. The van der Waals surface area contributed by atoms with Crippen molar-refractivity contribution in [2.45, 2.75) is 25.7 Å². The average molecular weight is 371 g/mol. The van der Waals surface area contributed by atoms with E-state index in [0.717, 1.165) is 35.0 Å². The first-order chi connectivity index (χ1) is 12.7. The second-order valence-electron chi connectivity index (χ2n) is 6.23. The van der Waals surface area contributed by atoms with E-state index in [4.69, 9.17) is 4.74 Å². The molecule has 1 aromatic carbocycles. The number of carbonyl (C=O) groups excluding carboxylic acids is 1. The highest BCUT2D eigenvalue weighted by molar-refractivity contribution is 7.18. The van der Waals surface area contributed by atoms with E-state index in [2.05, 4.69) is 15.3 Å². The van der Waals surface area contributed by atoms with E-state index in [9.17, 15) is 9.18 Å². The molecule has 0 fully saturated rings. The normalized spacial score (nSPS) is 13.0. The van der Waals surface area contributed by atoms with Gasteiger partial charge in [-0.15, -0.1) is 11.3 Å². The molecule has 5 nitrogen and oxygen atoms in total. The van der Waals surface area contributed by atoms with Gasteiger partial charge in [0, 0.05) is 11.4 Å². The fraction of sp³-hybridized carbons (Fsp3) is 0.316. The summed E-state index contributed by atoms with van der Waals surface area (Å²) >= 11 is 1.69. The summed E-state index contributed by atoms with van der Waals surface area (Å²) in [6.07, 6.45) is 5.37. The Morgan fingerprint density at radius 1 is 1.23 bits per heavy atom. The standard InChI is InChI=1S/C19H18FN3O2S/c20-13-6-4-12(5-7-13)8-9-21-16(24)10-25-18-17-14-2-1-3-15(14)26-19(17)23-11-22-18/h4-7,11H,1-3,8-10H2,(H,21,24). The van der Waals surface area contributed by atoms with Gasteiger partial charge in [-0.1, -0.05) is 12.1 Å². The number of benzene rings is 1. The molecule has 0 atom stereocenters. The Hall–Kier alpha value is -2.54. The predicted octanol–water partition coefficient (Wildman–Crippen LogP) is 3.06. The monoisotopic (exact) mass is 371 g/mol. The third-order valence-electron chi connectivity index (χ3n) is 4.46. The lowest BCUT2D eigenvalue weighted by Crippen LogP contribution is -2.30. The summed E-state index contributed by atoms with van der Waals surface area (Å²) in [6, 6.07) is 6.26. The molecule has 0 saturated heterocycles. The van der Waals surface area contributed by atoms with E-state index in [1.807, 2.05) is 0 Å². The molecule has 0 aliphatic heterocycles. The molecule has 1 amide bonds. The number of hydrogen-bond acceptors (Lipinski definition) is 5. The number of carbonyl (C=O) groups is 1. The van der Waals surface area contributed by atoms with Gasteiger partial charge in [0.15, 0.2) is 6.61 Å². The summed E-state index contributed by atoms with van der Waals surface area (Å²) in [5.74, 6) is 0.0242. The van der Waals surface area contributed by atoms with E-state index in [-0.39, 0.29) is 18.3 Å². The lowest BCUT2D eigenvalue weighted by molar-refractivity contribution is -0.123. The second kappa shape index (κ2) is 7.37. The zero-order valence-electron chi connectivity index (χ0n) is 14.1. The minimum Gasteiger partial charge on any atom is -0.467 e. The predicted molar refractivity (Wildman–Crippen MR) is 98.0 cm³/mol. The van der Waals surface area contributed by atoms with Crippen molar-refractivity contribution in [3.63, 3.8) is 0 Å². The van der Waals surface area contributed by atoms with Crippen molar-refractivity contribution < 1.29 is 13.9 Å². The minimum atomic E-state index is -0.262. The van der Waals surface area contributed by atoms with Crippen LogP contribution in [0, 0.1) is 5.82 Å². The number of nitrogens with zero attached hydrogens (tertiary/aromatic N) is 2. The molecule has 0 saturated carbocycles. The number of hydrogen-bond donors (Lipinski definition) is 1. The number of thiophene rings is 1. The highest BCUT2D eigenvalue weighted by Crippen LogP contribution is 2.39. The quantitative estimate of drug-likeness (QED) is 0.723. The van der Waals surface area contributed by atoms with Gasteiger partial charge < -0.3 is 10.1 Å². The molecule has 7 heteroatoms. The first-order valence-corrected chi connectivity index (χ1v) is 9.41. The molecule has 3 aromatic rings. The third-order valence-corrected chi connectivity index (χ3v) is 5.66. The van der Waals surface area contributed by atoms with Crippen LogP contribution >= 0.6 is 11.3 Å². The van der Waals surface area contributed by atoms with Crippen LogP contribution in [0.5, 0.6) is 5.88 Å². The summed E-state index contributed by atoms with van der Waals surface area (Å²) in [6.45, 7) is 0.390. The molecule has 1 aliphatic rings. The summed E-state index contributed by atoms with van der Waals surface area (Å²) in [5.41, 5.74) is 2.25. The number of ether oxygens (including phenoxy) is 1. The van der Waals surface area contributed by atoms with Crippen LogP contribution in [-0.4, -0.2) is 29.0 Å². The molecule has 0 spiro atoms. The van der Waals surface area contributed by atoms with Crippen LogP contribution in [0.4, 0.5) is 4.39 Å². The third kappa shape index (κ3) is 3.53. The molecular weight excluding hydrogens is 353 g/mol. The van der Waals surface area contributed by atoms with Crippen LogP contribution in [0.1, 0.15) is 22.4 Å². The smallest absolute Gasteiger partial charge is 0.258 e. The van der Waals surface area contributed by atoms with Crippen LogP contribution in [-0.2, 0) is 24.1 Å². The van der Waals surface area contributed by atoms with Crippen molar-refractivity contribution in [2.75, 3.05) is 13.2 Å². The second-order valence-corrected chi connectivity index (χ2v) is 7.32. The molecule has 1 N–H and O–H groups in total. The lowest BCUT2D eigenvalue weighted by atomic mass is 10.1. The fourth-order valence-corrected chi connectivity index (χ4v) is 4.41. The molecule has 2 aromatic heterocycles. The highest BCUT2D eigenvalue weighted by Gasteiger charge is 2.22. The maximum Gasteiger partial charge on any atom is 0.258 e. The van der Waals surface area contributed by atoms with E-state index < -0.39 is 0 Å². The van der Waals surface area contributed by atoms with E-state index in [0.29, 0.717) is 18.8 Å². The fourth-order valence-electron chi connectivity index (χ4n) is 3.19. The molecule has 0 unspecified atom stereocenters. The summed E-state index contributed by atoms with van der Waals surface area (Å²) in [7, 11) is 0. The zero-order chi connectivity index (χ0) is 17.9. The Morgan fingerprint density at radius 3 is 2.92 bits per heavy atom. The Kier molecular flexibility index (Phi) is 4.79. The first-order valence-electron chi connectivity index (χ1n) is 8.60. The highest BCUT2D eigenvalue weighted by atomic mass is 32.1. The van der Waals surface area contributed by atoms with Gasteiger partial charge in [-0.05, 0) is 48.9 Å². The maximum atomic E-state index is 12.9. The Morgan fingerprint density at radius 2 is 2.08 bits per heavy atom. The van der Waals surface area contributed by atoms with E-state index in [1.54, 1.807) is 23.5 Å². The van der Waals surface area contributed by atoms with Gasteiger partial charge in [0.05, 0.1) is 5.39 Å². The van der Waals surface area contributed by atoms with E-state index >= 15 is 0 Å². The Bertz CT molecular complexity index is 940. The van der Waals surface area contributed by atoms with Gasteiger partial charge in [0.1, 0.15) is 17.0 Å². The minimum absolute atomic E-state index is 0.0832. The van der Waals surface area contributed by atoms with Gasteiger partial charge in [0.25, 0.3) is 5.91 Å². The topological polar surface area (TPSA) is 64.1 Å². The SMILES string of the molecule is O=C(COc1ncnc2sc3c(c12)CCC3)NCCc1ccc(F)cc1. The van der Waals surface area contributed by atoms with Gasteiger partial charge in [-0.2, -0.15) is 0 Å². The lowest BCUT2D eigenvalue weighted by Gasteiger charge is -2.08. The number of aryl methyl sites for hydroxylation is 2. The average Bonchev–Trinajstić information content (AvgIpc) is 3.22. The molecule has 134 valence electrons. The number of rotatable bonds is 6. The van der Waals surface area contributed by atoms with Crippen LogP contribution < -0.4 is 10.1 Å². The van der Waals surface area contributed by atoms with Gasteiger partial charge in [-0.25, -0.2) is 14.4 Å². The summed E-state index contributed by atoms with van der Waals surface area (Å²) < 4.78 is 18.6. The molecular formula is C19H18FN3O2S. The largest absolute Gasteiger partial charge is 0.467 e. The van der Waals surface area contributed by atoms with E-state index in [1.165, 1.54) is 28.9 Å². The van der Waals surface area contributed by atoms with Gasteiger partial charge in [0.2, 0.25) is 5.88 Å². The number of aromatic nitrogens is 2. The van der Waals surface area contributed by atoms with Crippen LogP contribution in [0.2, 0.25) is 0 Å². The summed E-state index contributed by atoms with van der Waals surface area (Å²) in [5, 5.41) is 3.77. The number of fused-ring (bicyclic) bond motifs is 3. The first kappa shape index (κ1) is 16.9. The van der Waals surface area contributed by atoms with Gasteiger partial charge >= 0.3 is 0 Å². The Balaban J connectivity index is 1.33. The molecule has 26 heavy (non-hydrogen) atoms. The number of nitrogens with one attached hydrogen (secondary N) is 1. The molecule has 4 rings (SSSR count). The summed E-state index contributed by atoms with van der Waals surface area (Å²) in [4.78, 5) is 22.9. The van der Waals surface area contributed by atoms with Crippen LogP contribution in [0.3, 0.4) is 0 Å². The van der Waals surface area contributed by atoms with Crippen molar-refractivity contribution in [2.24, 2.45) is 0 Å². The molecule has 0 bridgehead atoms. The molecule has 1 aliphatic carbocycles. The Labute approximate surface area is 154 Å². The molecule has 0 radical (unpaired) electrons. The van der Waals surface area contributed by atoms with Gasteiger partial charge in [-0.3, -0.25) is 4.79 Å². The number of halogens is 1.